The van der Waals surface area contributed by atoms with Crippen molar-refractivity contribution in [3.63, 3.8) is 0 Å². The molecule has 0 bridgehead atoms. The van der Waals surface area contributed by atoms with E-state index in [2.05, 4.69) is 0 Å². The van der Waals surface area contributed by atoms with Crippen LogP contribution in [0, 0.1) is 0 Å². The third-order valence-corrected chi connectivity index (χ3v) is 4.44. The van der Waals surface area contributed by atoms with Gasteiger partial charge in [-0.1, -0.05) is 25.0 Å². The Labute approximate surface area is 130 Å². The zero-order valence-corrected chi connectivity index (χ0v) is 12.8. The third kappa shape index (κ3) is 2.55. The highest BCUT2D eigenvalue weighted by Crippen LogP contribution is 2.35. The number of pyridine rings is 1. The largest absolute Gasteiger partial charge is 0.496 e. The van der Waals surface area contributed by atoms with Gasteiger partial charge in [-0.15, -0.1) is 0 Å². The van der Waals surface area contributed by atoms with Crippen LogP contribution in [0.25, 0.3) is 11.3 Å². The van der Waals surface area contributed by atoms with Gasteiger partial charge in [0.2, 0.25) is 0 Å². The maximum absolute atomic E-state index is 12.7. The monoisotopic (exact) mass is 299 g/mol. The molecule has 22 heavy (non-hydrogen) atoms. The number of hydrogen-bond donors (Lipinski definition) is 1. The van der Waals surface area contributed by atoms with Gasteiger partial charge in [-0.2, -0.15) is 0 Å². The molecule has 0 aliphatic heterocycles. The lowest BCUT2D eigenvalue weighted by Gasteiger charge is -2.21. The second kappa shape index (κ2) is 6.36. The quantitative estimate of drug-likeness (QED) is 0.943. The predicted octanol–water partition coefficient (Wildman–Crippen LogP) is 3.13. The van der Waals surface area contributed by atoms with E-state index >= 15 is 0 Å². The maximum atomic E-state index is 12.7. The summed E-state index contributed by atoms with van der Waals surface area (Å²) in [4.78, 5) is 12.7. The summed E-state index contributed by atoms with van der Waals surface area (Å²) < 4.78 is 7.31. The molecule has 2 aromatic rings. The molecule has 0 unspecified atom stereocenters. The van der Waals surface area contributed by atoms with Crippen LogP contribution in [0.4, 0.5) is 0 Å². The highest BCUT2D eigenvalue weighted by atomic mass is 16.5. The van der Waals surface area contributed by atoms with Gasteiger partial charge in [-0.25, -0.2) is 0 Å². The van der Waals surface area contributed by atoms with E-state index in [1.54, 1.807) is 13.2 Å². The minimum Gasteiger partial charge on any atom is -0.496 e. The van der Waals surface area contributed by atoms with Crippen molar-refractivity contribution in [1.29, 1.82) is 0 Å². The third-order valence-electron chi connectivity index (χ3n) is 4.44. The second-order valence-electron chi connectivity index (χ2n) is 5.72. The van der Waals surface area contributed by atoms with Crippen LogP contribution in [0.3, 0.4) is 0 Å². The normalized spacial score (nSPS) is 15.2. The SMILES string of the molecule is COc1ccccc1-c1ccc(CO)c(=O)n1C1CCCC1. The lowest BCUT2D eigenvalue weighted by molar-refractivity contribution is 0.278. The van der Waals surface area contributed by atoms with Crippen LogP contribution in [0.1, 0.15) is 37.3 Å². The molecule has 1 aromatic carbocycles. The van der Waals surface area contributed by atoms with Crippen molar-refractivity contribution in [2.24, 2.45) is 0 Å². The Morgan fingerprint density at radius 1 is 1.18 bits per heavy atom. The van der Waals surface area contributed by atoms with Crippen LogP contribution in [0.5, 0.6) is 5.75 Å². The highest BCUT2D eigenvalue weighted by molar-refractivity contribution is 5.67. The van der Waals surface area contributed by atoms with E-state index in [1.807, 2.05) is 34.9 Å². The Bertz CT molecular complexity index is 715. The fraction of sp³-hybridized carbons (Fsp3) is 0.389. The molecule has 3 rings (SSSR count). The summed E-state index contributed by atoms with van der Waals surface area (Å²) in [6.07, 6.45) is 4.31. The Balaban J connectivity index is 2.22. The van der Waals surface area contributed by atoms with Crippen LogP contribution >= 0.6 is 0 Å². The van der Waals surface area contributed by atoms with Crippen molar-refractivity contribution in [1.82, 2.24) is 4.57 Å². The molecule has 1 aliphatic rings. The number of aromatic nitrogens is 1. The topological polar surface area (TPSA) is 51.5 Å². The molecule has 116 valence electrons. The zero-order chi connectivity index (χ0) is 15.5. The first-order chi connectivity index (χ1) is 10.8. The average molecular weight is 299 g/mol. The Morgan fingerprint density at radius 3 is 2.59 bits per heavy atom. The van der Waals surface area contributed by atoms with Crippen LogP contribution in [0.15, 0.2) is 41.2 Å². The van der Waals surface area contributed by atoms with Gasteiger partial charge < -0.3 is 14.4 Å². The molecule has 4 nitrogen and oxygen atoms in total. The Kier molecular flexibility index (Phi) is 4.29. The van der Waals surface area contributed by atoms with Crippen molar-refractivity contribution in [2.75, 3.05) is 7.11 Å². The minimum absolute atomic E-state index is 0.0854. The van der Waals surface area contributed by atoms with E-state index in [4.69, 9.17) is 4.74 Å². The molecule has 1 fully saturated rings. The van der Waals surface area contributed by atoms with E-state index in [0.717, 1.165) is 42.7 Å². The molecule has 0 saturated heterocycles. The van der Waals surface area contributed by atoms with Gasteiger partial charge in [0.05, 0.1) is 19.4 Å². The fourth-order valence-electron chi connectivity index (χ4n) is 3.32. The Hall–Kier alpha value is -2.07. The molecule has 1 saturated carbocycles. The summed E-state index contributed by atoms with van der Waals surface area (Å²) in [6.45, 7) is -0.224. The van der Waals surface area contributed by atoms with Crippen molar-refractivity contribution >= 4 is 0 Å². The van der Waals surface area contributed by atoms with Gasteiger partial charge in [-0.3, -0.25) is 4.79 Å². The summed E-state index contributed by atoms with van der Waals surface area (Å²) in [5.41, 5.74) is 2.15. The first-order valence-corrected chi connectivity index (χ1v) is 7.75. The standard InChI is InChI=1S/C18H21NO3/c1-22-17-9-5-4-8-15(17)16-11-10-13(12-20)18(21)19(16)14-6-2-3-7-14/h4-5,8-11,14,20H,2-3,6-7,12H2,1H3. The summed E-state index contributed by atoms with van der Waals surface area (Å²) in [5.74, 6) is 0.755. The van der Waals surface area contributed by atoms with Crippen LogP contribution in [-0.2, 0) is 6.61 Å². The molecule has 0 radical (unpaired) electrons. The van der Waals surface area contributed by atoms with E-state index in [1.165, 1.54) is 0 Å². The lowest BCUT2D eigenvalue weighted by atomic mass is 10.1. The molecule has 4 heteroatoms. The predicted molar refractivity (Wildman–Crippen MR) is 86.1 cm³/mol. The van der Waals surface area contributed by atoms with E-state index in [-0.39, 0.29) is 18.2 Å². The van der Waals surface area contributed by atoms with Crippen molar-refractivity contribution in [3.05, 3.63) is 52.3 Å². The highest BCUT2D eigenvalue weighted by Gasteiger charge is 2.23. The maximum Gasteiger partial charge on any atom is 0.256 e. The number of para-hydroxylation sites is 1. The molecular formula is C18H21NO3. The van der Waals surface area contributed by atoms with Crippen LogP contribution < -0.4 is 10.3 Å². The first kappa shape index (κ1) is 14.9. The van der Waals surface area contributed by atoms with Gasteiger partial charge in [0, 0.05) is 17.2 Å². The van der Waals surface area contributed by atoms with Crippen molar-refractivity contribution in [2.45, 2.75) is 38.3 Å². The van der Waals surface area contributed by atoms with Gasteiger partial charge in [0.15, 0.2) is 0 Å². The zero-order valence-electron chi connectivity index (χ0n) is 12.8. The van der Waals surface area contributed by atoms with Gasteiger partial charge in [0.1, 0.15) is 5.75 Å². The molecule has 0 atom stereocenters. The molecular weight excluding hydrogens is 278 g/mol. The number of nitrogens with zero attached hydrogens (tertiary/aromatic N) is 1. The lowest BCUT2D eigenvalue weighted by Crippen LogP contribution is -2.28. The first-order valence-electron chi connectivity index (χ1n) is 7.75. The summed E-state index contributed by atoms with van der Waals surface area (Å²) in [5, 5.41) is 9.41. The molecule has 1 aliphatic carbocycles. The van der Waals surface area contributed by atoms with Gasteiger partial charge >= 0.3 is 0 Å². The van der Waals surface area contributed by atoms with E-state index in [0.29, 0.717) is 5.56 Å². The summed E-state index contributed by atoms with van der Waals surface area (Å²) in [7, 11) is 1.64. The second-order valence-corrected chi connectivity index (χ2v) is 5.72. The number of methoxy groups -OCH3 is 1. The number of aliphatic hydroxyl groups is 1. The molecule has 0 spiro atoms. The number of ether oxygens (including phenoxy) is 1. The van der Waals surface area contributed by atoms with Gasteiger partial charge in [0.25, 0.3) is 5.56 Å². The molecule has 1 heterocycles. The number of hydrogen-bond acceptors (Lipinski definition) is 3. The Morgan fingerprint density at radius 2 is 1.91 bits per heavy atom. The molecule has 1 N–H and O–H groups in total. The van der Waals surface area contributed by atoms with Crippen molar-refractivity contribution < 1.29 is 9.84 Å². The number of rotatable bonds is 4. The number of aliphatic hydroxyl groups excluding tert-OH is 1. The van der Waals surface area contributed by atoms with Crippen LogP contribution in [-0.4, -0.2) is 16.8 Å². The fourth-order valence-corrected chi connectivity index (χ4v) is 3.32. The minimum atomic E-state index is -0.224. The van der Waals surface area contributed by atoms with E-state index < -0.39 is 0 Å². The van der Waals surface area contributed by atoms with Crippen LogP contribution in [0.2, 0.25) is 0 Å². The molecule has 0 amide bonds. The summed E-state index contributed by atoms with van der Waals surface area (Å²) in [6, 6.07) is 11.6. The van der Waals surface area contributed by atoms with Crippen molar-refractivity contribution in [3.8, 4) is 17.0 Å². The van der Waals surface area contributed by atoms with Gasteiger partial charge in [-0.05, 0) is 37.1 Å². The van der Waals surface area contributed by atoms with E-state index in [9.17, 15) is 9.90 Å². The smallest absolute Gasteiger partial charge is 0.256 e. The average Bonchev–Trinajstić information content (AvgIpc) is 3.08. The number of benzene rings is 1. The summed E-state index contributed by atoms with van der Waals surface area (Å²) >= 11 is 0. The molecule has 1 aromatic heterocycles.